The average molecular weight is 391 g/mol. The Bertz CT molecular complexity index is 997. The van der Waals surface area contributed by atoms with Crippen molar-refractivity contribution in [2.45, 2.75) is 6.04 Å². The van der Waals surface area contributed by atoms with Gasteiger partial charge in [-0.3, -0.25) is 19.7 Å². The molecule has 10 nitrogen and oxygen atoms in total. The van der Waals surface area contributed by atoms with Crippen molar-refractivity contribution in [1.29, 1.82) is 0 Å². The maximum absolute atomic E-state index is 13.2. The molecule has 0 radical (unpaired) electrons. The first-order valence-electron chi connectivity index (χ1n) is 9.20. The van der Waals surface area contributed by atoms with Crippen LogP contribution in [0.15, 0.2) is 49.2 Å². The largest absolute Gasteiger partial charge is 0.447 e. The zero-order valence-corrected chi connectivity index (χ0v) is 15.4. The van der Waals surface area contributed by atoms with E-state index < -0.39 is 0 Å². The van der Waals surface area contributed by atoms with Gasteiger partial charge in [-0.2, -0.15) is 5.10 Å². The number of hydrogen-bond acceptors (Lipinski definition) is 7. The number of rotatable bonds is 3. The number of pyridine rings is 1. The monoisotopic (exact) mass is 391 g/mol. The average Bonchev–Trinajstić information content (AvgIpc) is 3.39. The van der Waals surface area contributed by atoms with Gasteiger partial charge >= 0.3 is 6.09 Å². The van der Waals surface area contributed by atoms with Crippen LogP contribution in [0.4, 0.5) is 4.79 Å². The molecule has 2 amide bonds. The van der Waals surface area contributed by atoms with Gasteiger partial charge in [0, 0.05) is 50.0 Å². The zero-order chi connectivity index (χ0) is 19.8. The molecule has 3 aromatic heterocycles. The van der Waals surface area contributed by atoms with Crippen molar-refractivity contribution in [3.8, 4) is 17.1 Å². The van der Waals surface area contributed by atoms with E-state index in [1.807, 2.05) is 12.1 Å². The molecule has 2 fully saturated rings. The fourth-order valence-corrected chi connectivity index (χ4v) is 3.62. The van der Waals surface area contributed by atoms with Gasteiger partial charge in [0.25, 0.3) is 5.91 Å². The molecule has 0 aliphatic carbocycles. The number of nitrogens with zero attached hydrogens (tertiary/aromatic N) is 7. The standard InChI is InChI=1S/C19H17N7O3/c27-18(24-7-8-25-14(11-24)12-29-19(25)28)15-9-16(13-1-3-20-4-2-13)26(23-15)17-10-21-5-6-22-17/h1-6,9-10,14H,7-8,11-12H2. The number of ether oxygens (including phenoxy) is 1. The molecule has 1 unspecified atom stereocenters. The highest BCUT2D eigenvalue weighted by Gasteiger charge is 2.39. The molecule has 3 aromatic rings. The lowest BCUT2D eigenvalue weighted by atomic mass is 10.1. The number of carbonyl (C=O) groups is 2. The van der Waals surface area contributed by atoms with E-state index in [2.05, 4.69) is 20.1 Å². The predicted octanol–water partition coefficient (Wildman–Crippen LogP) is 1.00. The first-order chi connectivity index (χ1) is 14.2. The third-order valence-electron chi connectivity index (χ3n) is 5.07. The fourth-order valence-electron chi connectivity index (χ4n) is 3.62. The van der Waals surface area contributed by atoms with Crippen LogP contribution in [-0.2, 0) is 4.74 Å². The van der Waals surface area contributed by atoms with E-state index in [1.54, 1.807) is 51.5 Å². The maximum Gasteiger partial charge on any atom is 0.410 e. The third kappa shape index (κ3) is 3.08. The van der Waals surface area contributed by atoms with Gasteiger partial charge in [0.1, 0.15) is 6.61 Å². The molecule has 1 atom stereocenters. The Labute approximate surface area is 165 Å². The summed E-state index contributed by atoms with van der Waals surface area (Å²) in [5.41, 5.74) is 1.88. The molecule has 2 aliphatic heterocycles. The number of carbonyl (C=O) groups excluding carboxylic acids is 2. The lowest BCUT2D eigenvalue weighted by molar-refractivity contribution is 0.0611. The summed E-state index contributed by atoms with van der Waals surface area (Å²) in [7, 11) is 0. The minimum absolute atomic E-state index is 0.109. The molecule has 0 aromatic carbocycles. The van der Waals surface area contributed by atoms with E-state index in [9.17, 15) is 9.59 Å². The number of amides is 2. The summed E-state index contributed by atoms with van der Waals surface area (Å²) in [6.07, 6.45) is 7.80. The first kappa shape index (κ1) is 17.3. The van der Waals surface area contributed by atoms with Gasteiger partial charge in [0.05, 0.1) is 17.9 Å². The molecule has 0 spiro atoms. The van der Waals surface area contributed by atoms with Gasteiger partial charge in [-0.15, -0.1) is 0 Å². The fraction of sp³-hybridized carbons (Fsp3) is 0.263. The maximum atomic E-state index is 13.2. The normalized spacial score (nSPS) is 18.5. The smallest absolute Gasteiger partial charge is 0.410 e. The molecule has 2 aliphatic rings. The Hall–Kier alpha value is -3.82. The summed E-state index contributed by atoms with van der Waals surface area (Å²) in [6.45, 7) is 1.62. The highest BCUT2D eigenvalue weighted by Crippen LogP contribution is 2.24. The molecule has 5 rings (SSSR count). The predicted molar refractivity (Wildman–Crippen MR) is 100 cm³/mol. The van der Waals surface area contributed by atoms with E-state index in [0.29, 0.717) is 43.4 Å². The van der Waals surface area contributed by atoms with Gasteiger partial charge in [0.15, 0.2) is 11.5 Å². The zero-order valence-electron chi connectivity index (χ0n) is 15.4. The van der Waals surface area contributed by atoms with E-state index in [-0.39, 0.29) is 18.0 Å². The van der Waals surface area contributed by atoms with Crippen LogP contribution >= 0.6 is 0 Å². The molecule has 10 heteroatoms. The highest BCUT2D eigenvalue weighted by atomic mass is 16.6. The summed E-state index contributed by atoms with van der Waals surface area (Å²) >= 11 is 0. The summed E-state index contributed by atoms with van der Waals surface area (Å²) in [6, 6.07) is 5.33. The van der Waals surface area contributed by atoms with Crippen molar-refractivity contribution in [1.82, 2.24) is 34.5 Å². The second-order valence-electron chi connectivity index (χ2n) is 6.80. The van der Waals surface area contributed by atoms with Gasteiger partial charge in [-0.1, -0.05) is 0 Å². The molecule has 146 valence electrons. The minimum atomic E-state index is -0.311. The lowest BCUT2D eigenvalue weighted by Gasteiger charge is -2.34. The topological polar surface area (TPSA) is 106 Å². The molecule has 0 saturated carbocycles. The van der Waals surface area contributed by atoms with Crippen LogP contribution < -0.4 is 0 Å². The van der Waals surface area contributed by atoms with Crippen LogP contribution in [0.2, 0.25) is 0 Å². The lowest BCUT2D eigenvalue weighted by Crippen LogP contribution is -2.53. The summed E-state index contributed by atoms with van der Waals surface area (Å²) in [5.74, 6) is 0.319. The van der Waals surface area contributed by atoms with E-state index >= 15 is 0 Å². The number of cyclic esters (lactones) is 1. The molecular formula is C19H17N7O3. The number of piperazine rings is 1. The second kappa shape index (κ2) is 6.97. The summed E-state index contributed by atoms with van der Waals surface area (Å²) in [4.78, 5) is 40.7. The molecule has 29 heavy (non-hydrogen) atoms. The third-order valence-corrected chi connectivity index (χ3v) is 5.07. The molecule has 0 bridgehead atoms. The molecular weight excluding hydrogens is 374 g/mol. The first-order valence-corrected chi connectivity index (χ1v) is 9.20. The Kier molecular flexibility index (Phi) is 4.15. The van der Waals surface area contributed by atoms with Crippen LogP contribution in [0.3, 0.4) is 0 Å². The Balaban J connectivity index is 1.48. The van der Waals surface area contributed by atoms with Crippen LogP contribution in [0.1, 0.15) is 10.5 Å². The van der Waals surface area contributed by atoms with Crippen LogP contribution in [-0.4, -0.2) is 78.8 Å². The van der Waals surface area contributed by atoms with Crippen molar-refractivity contribution in [3.05, 3.63) is 54.9 Å². The Morgan fingerprint density at radius 2 is 1.97 bits per heavy atom. The molecule has 0 N–H and O–H groups in total. The summed E-state index contributed by atoms with van der Waals surface area (Å²) in [5, 5.41) is 4.52. The van der Waals surface area contributed by atoms with Crippen molar-refractivity contribution >= 4 is 12.0 Å². The Morgan fingerprint density at radius 3 is 2.76 bits per heavy atom. The summed E-state index contributed by atoms with van der Waals surface area (Å²) < 4.78 is 6.69. The van der Waals surface area contributed by atoms with Crippen LogP contribution in [0, 0.1) is 0 Å². The second-order valence-corrected chi connectivity index (χ2v) is 6.80. The van der Waals surface area contributed by atoms with E-state index in [1.165, 1.54) is 0 Å². The van der Waals surface area contributed by atoms with Gasteiger partial charge in [-0.25, -0.2) is 14.5 Å². The SMILES string of the molecule is O=C(c1cc(-c2ccncc2)n(-c2cnccn2)n1)N1CCN2C(=O)OCC2C1. The minimum Gasteiger partial charge on any atom is -0.447 e. The molecule has 2 saturated heterocycles. The molecule has 5 heterocycles. The van der Waals surface area contributed by atoms with E-state index in [4.69, 9.17) is 4.74 Å². The van der Waals surface area contributed by atoms with Gasteiger partial charge in [0.2, 0.25) is 0 Å². The van der Waals surface area contributed by atoms with Crippen molar-refractivity contribution in [3.63, 3.8) is 0 Å². The number of fused-ring (bicyclic) bond motifs is 1. The number of aromatic nitrogens is 5. The number of hydrogen-bond donors (Lipinski definition) is 0. The Morgan fingerprint density at radius 1 is 1.10 bits per heavy atom. The van der Waals surface area contributed by atoms with Gasteiger partial charge < -0.3 is 9.64 Å². The van der Waals surface area contributed by atoms with Crippen molar-refractivity contribution in [2.75, 3.05) is 26.2 Å². The highest BCUT2D eigenvalue weighted by molar-refractivity contribution is 5.94. The van der Waals surface area contributed by atoms with Gasteiger partial charge in [-0.05, 0) is 18.2 Å². The quantitative estimate of drug-likeness (QED) is 0.656. The van der Waals surface area contributed by atoms with Crippen molar-refractivity contribution < 1.29 is 14.3 Å². The van der Waals surface area contributed by atoms with E-state index in [0.717, 1.165) is 5.56 Å². The van der Waals surface area contributed by atoms with Crippen LogP contribution in [0.5, 0.6) is 0 Å². The van der Waals surface area contributed by atoms with Crippen molar-refractivity contribution in [2.24, 2.45) is 0 Å². The van der Waals surface area contributed by atoms with Crippen LogP contribution in [0.25, 0.3) is 17.1 Å².